The number of allylic oxidation sites excluding steroid dienone is 9. The fourth-order valence-corrected chi connectivity index (χ4v) is 2.12. The van der Waals surface area contributed by atoms with E-state index in [1.807, 2.05) is 39.0 Å². The van der Waals surface area contributed by atoms with E-state index in [4.69, 9.17) is 0 Å². The molecule has 0 amide bonds. The molecule has 0 radical (unpaired) electrons. The molecule has 0 unspecified atom stereocenters. The van der Waals surface area contributed by atoms with Crippen LogP contribution in [0.3, 0.4) is 0 Å². The minimum absolute atomic E-state index is 0.992. The zero-order valence-corrected chi connectivity index (χ0v) is 14.9. The number of hydrogen-bond acceptors (Lipinski definition) is 0. The van der Waals surface area contributed by atoms with Gasteiger partial charge in [0.2, 0.25) is 0 Å². The molecule has 1 aromatic carbocycles. The summed E-state index contributed by atoms with van der Waals surface area (Å²) < 4.78 is 0. The van der Waals surface area contributed by atoms with E-state index in [2.05, 4.69) is 68.7 Å². The molecule has 0 saturated carbocycles. The van der Waals surface area contributed by atoms with Crippen LogP contribution in [0.15, 0.2) is 77.9 Å². The van der Waals surface area contributed by atoms with Crippen LogP contribution in [0.25, 0.3) is 5.57 Å². The molecule has 0 atom stereocenters. The van der Waals surface area contributed by atoms with Crippen LogP contribution in [0.4, 0.5) is 0 Å². The molecule has 0 aliphatic carbocycles. The van der Waals surface area contributed by atoms with Gasteiger partial charge in [0.15, 0.2) is 0 Å². The molecule has 1 aromatic rings. The maximum Gasteiger partial charge on any atom is 0.0320 e. The molecule has 0 nitrogen and oxygen atoms in total. The summed E-state index contributed by atoms with van der Waals surface area (Å²) in [5.74, 6) is 6.54. The Morgan fingerprint density at radius 3 is 2.04 bits per heavy atom. The van der Waals surface area contributed by atoms with Gasteiger partial charge in [0.1, 0.15) is 0 Å². The van der Waals surface area contributed by atoms with Gasteiger partial charge in [0.05, 0.1) is 0 Å². The Kier molecular flexibility index (Phi) is 7.64. The van der Waals surface area contributed by atoms with Gasteiger partial charge in [-0.25, -0.2) is 0 Å². The monoisotopic (exact) mass is 302 g/mol. The van der Waals surface area contributed by atoms with Crippen LogP contribution in [0.5, 0.6) is 0 Å². The Morgan fingerprint density at radius 2 is 1.57 bits per heavy atom. The predicted octanol–water partition coefficient (Wildman–Crippen LogP) is 6.49. The molecular formula is C23H26. The van der Waals surface area contributed by atoms with Gasteiger partial charge in [-0.1, -0.05) is 60.9 Å². The van der Waals surface area contributed by atoms with Crippen molar-refractivity contribution in [1.29, 1.82) is 0 Å². The molecule has 0 aliphatic heterocycles. The Bertz CT molecular complexity index is 720. The van der Waals surface area contributed by atoms with Crippen molar-refractivity contribution < 1.29 is 0 Å². The first-order chi connectivity index (χ1) is 11.0. The van der Waals surface area contributed by atoms with E-state index in [1.54, 1.807) is 0 Å². The third-order valence-electron chi connectivity index (χ3n) is 3.53. The summed E-state index contributed by atoms with van der Waals surface area (Å²) in [6.07, 6.45) is 10.2. The molecule has 0 heteroatoms. The van der Waals surface area contributed by atoms with Crippen molar-refractivity contribution in [3.63, 3.8) is 0 Å². The zero-order chi connectivity index (χ0) is 17.2. The van der Waals surface area contributed by atoms with Gasteiger partial charge in [0.25, 0.3) is 0 Å². The normalized spacial score (nSPS) is 13.0. The molecule has 1 rings (SSSR count). The predicted molar refractivity (Wildman–Crippen MR) is 104 cm³/mol. The molecule has 0 N–H and O–H groups in total. The summed E-state index contributed by atoms with van der Waals surface area (Å²) in [7, 11) is 0. The van der Waals surface area contributed by atoms with Crippen LogP contribution < -0.4 is 0 Å². The van der Waals surface area contributed by atoms with Crippen molar-refractivity contribution in [1.82, 2.24) is 0 Å². The lowest BCUT2D eigenvalue weighted by atomic mass is 10.0. The summed E-state index contributed by atoms with van der Waals surface area (Å²) in [6, 6.07) is 8.37. The van der Waals surface area contributed by atoms with Crippen LogP contribution >= 0.6 is 0 Å². The number of hydrogen-bond donors (Lipinski definition) is 0. The van der Waals surface area contributed by atoms with Crippen LogP contribution in [0, 0.1) is 11.8 Å². The smallest absolute Gasteiger partial charge is 0.0320 e. The maximum atomic E-state index is 4.06. The van der Waals surface area contributed by atoms with Crippen LogP contribution in [-0.4, -0.2) is 0 Å². The highest BCUT2D eigenvalue weighted by molar-refractivity contribution is 5.64. The summed E-state index contributed by atoms with van der Waals surface area (Å²) in [6.45, 7) is 14.2. The molecule has 0 heterocycles. The topological polar surface area (TPSA) is 0 Å². The second-order valence-electron chi connectivity index (χ2n) is 5.41. The Morgan fingerprint density at radius 1 is 0.957 bits per heavy atom. The third kappa shape index (κ3) is 5.64. The van der Waals surface area contributed by atoms with Crippen LogP contribution in [-0.2, 0) is 0 Å². The van der Waals surface area contributed by atoms with Gasteiger partial charge >= 0.3 is 0 Å². The minimum atomic E-state index is 0.992. The van der Waals surface area contributed by atoms with Gasteiger partial charge in [-0.15, -0.1) is 0 Å². The second-order valence-corrected chi connectivity index (χ2v) is 5.41. The minimum Gasteiger partial charge on any atom is -0.0955 e. The first-order valence-electron chi connectivity index (χ1n) is 7.94. The third-order valence-corrected chi connectivity index (χ3v) is 3.53. The fraction of sp³-hybridized carbons (Fsp3) is 0.217. The van der Waals surface area contributed by atoms with E-state index in [0.29, 0.717) is 0 Å². The Balaban J connectivity index is 3.24. The SMILES string of the molecule is C=C(C)C(/C=C\C)=C(C#Cc1ccc(/C(C)=C/C)cc1)\C=C/C. The first-order valence-corrected chi connectivity index (χ1v) is 7.94. The average Bonchev–Trinajstić information content (AvgIpc) is 2.56. The van der Waals surface area contributed by atoms with Gasteiger partial charge in [-0.3, -0.25) is 0 Å². The number of benzene rings is 1. The van der Waals surface area contributed by atoms with Crippen molar-refractivity contribution in [2.45, 2.75) is 34.6 Å². The molecule has 0 spiro atoms. The average molecular weight is 302 g/mol. The zero-order valence-electron chi connectivity index (χ0n) is 14.9. The fourth-order valence-electron chi connectivity index (χ4n) is 2.12. The van der Waals surface area contributed by atoms with Gasteiger partial charge in [-0.05, 0) is 69.0 Å². The number of rotatable bonds is 4. The van der Waals surface area contributed by atoms with Crippen molar-refractivity contribution in [3.8, 4) is 11.8 Å². The van der Waals surface area contributed by atoms with E-state index in [-0.39, 0.29) is 0 Å². The van der Waals surface area contributed by atoms with Crippen molar-refractivity contribution >= 4 is 5.57 Å². The van der Waals surface area contributed by atoms with E-state index in [9.17, 15) is 0 Å². The standard InChI is InChI=1S/C23H26/c1-7-10-22(23(11-8-2)18(4)5)17-14-20-12-15-21(16-13-20)19(6)9-3/h7-13,15-16H,4H2,1-3,5-6H3/b10-7-,11-8-,19-9+,23-22+. The highest BCUT2D eigenvalue weighted by atomic mass is 14.0. The van der Waals surface area contributed by atoms with Crippen molar-refractivity contribution in [2.75, 3.05) is 0 Å². The molecular weight excluding hydrogens is 276 g/mol. The van der Waals surface area contributed by atoms with Crippen LogP contribution in [0.1, 0.15) is 45.7 Å². The van der Waals surface area contributed by atoms with Gasteiger partial charge in [-0.2, -0.15) is 0 Å². The second kappa shape index (κ2) is 9.49. The molecule has 0 aromatic heterocycles. The van der Waals surface area contributed by atoms with E-state index in [0.717, 1.165) is 22.3 Å². The summed E-state index contributed by atoms with van der Waals surface area (Å²) >= 11 is 0. The lowest BCUT2D eigenvalue weighted by molar-refractivity contribution is 1.41. The molecule has 0 bridgehead atoms. The summed E-state index contributed by atoms with van der Waals surface area (Å²) in [5.41, 5.74) is 6.62. The highest BCUT2D eigenvalue weighted by Gasteiger charge is 2.00. The van der Waals surface area contributed by atoms with E-state index >= 15 is 0 Å². The van der Waals surface area contributed by atoms with E-state index < -0.39 is 0 Å². The lowest BCUT2D eigenvalue weighted by Crippen LogP contribution is -1.87. The van der Waals surface area contributed by atoms with Gasteiger partial charge < -0.3 is 0 Å². The summed E-state index contributed by atoms with van der Waals surface area (Å²) in [5, 5.41) is 0. The molecule has 23 heavy (non-hydrogen) atoms. The molecule has 0 aliphatic rings. The highest BCUT2D eigenvalue weighted by Crippen LogP contribution is 2.17. The van der Waals surface area contributed by atoms with Gasteiger partial charge in [0, 0.05) is 11.1 Å². The summed E-state index contributed by atoms with van der Waals surface area (Å²) in [4.78, 5) is 0. The Hall–Kier alpha value is -2.52. The molecule has 0 fully saturated rings. The maximum absolute atomic E-state index is 4.06. The van der Waals surface area contributed by atoms with E-state index in [1.165, 1.54) is 11.1 Å². The Labute approximate surface area is 141 Å². The molecule has 0 saturated heterocycles. The van der Waals surface area contributed by atoms with Crippen LogP contribution in [0.2, 0.25) is 0 Å². The first kappa shape index (κ1) is 18.5. The van der Waals surface area contributed by atoms with Crippen molar-refractivity contribution in [2.24, 2.45) is 0 Å². The lowest BCUT2D eigenvalue weighted by Gasteiger charge is -2.03. The van der Waals surface area contributed by atoms with Crippen molar-refractivity contribution in [3.05, 3.63) is 89.1 Å². The quantitative estimate of drug-likeness (QED) is 0.440. The molecule has 118 valence electrons. The largest absolute Gasteiger partial charge is 0.0955 e.